The van der Waals surface area contributed by atoms with Crippen LogP contribution in [0.1, 0.15) is 11.1 Å². The summed E-state index contributed by atoms with van der Waals surface area (Å²) in [7, 11) is 4.71. The largest absolute Gasteiger partial charge is 0.493 e. The van der Waals surface area contributed by atoms with E-state index in [9.17, 15) is 0 Å². The summed E-state index contributed by atoms with van der Waals surface area (Å²) >= 11 is 1.53. The minimum Gasteiger partial charge on any atom is -0.493 e. The molecule has 0 atom stereocenters. The van der Waals surface area contributed by atoms with Crippen LogP contribution in [-0.4, -0.2) is 42.9 Å². The van der Waals surface area contributed by atoms with Crippen molar-refractivity contribution in [1.82, 2.24) is 14.8 Å². The van der Waals surface area contributed by atoms with E-state index in [2.05, 4.69) is 16.3 Å². The second kappa shape index (κ2) is 10.1. The Hall–Kier alpha value is -4.36. The summed E-state index contributed by atoms with van der Waals surface area (Å²) in [6, 6.07) is 19.0. The van der Waals surface area contributed by atoms with Gasteiger partial charge in [-0.05, 0) is 42.0 Å². The summed E-state index contributed by atoms with van der Waals surface area (Å²) in [5.41, 5.74) is 3.24. The van der Waals surface area contributed by atoms with E-state index in [1.807, 2.05) is 47.0 Å². The lowest BCUT2D eigenvalue weighted by molar-refractivity contribution is 0.174. The Morgan fingerprint density at radius 3 is 2.31 bits per heavy atom. The minimum absolute atomic E-state index is 0.182. The molecule has 0 amide bonds. The van der Waals surface area contributed by atoms with Gasteiger partial charge in [-0.15, -0.1) is 10.2 Å². The molecule has 3 aromatic carbocycles. The molecular formula is C26H22N4O5S. The van der Waals surface area contributed by atoms with Gasteiger partial charge in [-0.1, -0.05) is 23.9 Å². The number of ether oxygens (including phenoxy) is 5. The van der Waals surface area contributed by atoms with E-state index in [0.717, 1.165) is 16.8 Å². The zero-order valence-electron chi connectivity index (χ0n) is 19.8. The normalized spacial score (nSPS) is 11.7. The van der Waals surface area contributed by atoms with Crippen LogP contribution in [-0.2, 0) is 5.75 Å². The van der Waals surface area contributed by atoms with Crippen molar-refractivity contribution in [3.05, 3.63) is 65.7 Å². The summed E-state index contributed by atoms with van der Waals surface area (Å²) in [4.78, 5) is 0. The fourth-order valence-electron chi connectivity index (χ4n) is 3.84. The van der Waals surface area contributed by atoms with E-state index < -0.39 is 0 Å². The number of hydrogen-bond donors (Lipinski definition) is 0. The van der Waals surface area contributed by atoms with Crippen molar-refractivity contribution in [2.24, 2.45) is 0 Å². The van der Waals surface area contributed by atoms with Gasteiger partial charge in [0.05, 0.1) is 38.6 Å². The second-order valence-corrected chi connectivity index (χ2v) is 8.63. The molecule has 2 heterocycles. The summed E-state index contributed by atoms with van der Waals surface area (Å²) in [6.07, 6.45) is 0. The molecule has 0 fully saturated rings. The van der Waals surface area contributed by atoms with Crippen molar-refractivity contribution >= 4 is 11.8 Å². The van der Waals surface area contributed by atoms with Gasteiger partial charge in [0.1, 0.15) is 0 Å². The average Bonchev–Trinajstić information content (AvgIpc) is 3.57. The predicted molar refractivity (Wildman–Crippen MR) is 133 cm³/mol. The minimum atomic E-state index is 0.182. The number of rotatable bonds is 8. The van der Waals surface area contributed by atoms with Crippen LogP contribution in [0.3, 0.4) is 0 Å². The zero-order chi connectivity index (χ0) is 25.1. The Morgan fingerprint density at radius 1 is 0.917 bits per heavy atom. The number of nitrogens with zero attached hydrogens (tertiary/aromatic N) is 4. The molecular weight excluding hydrogens is 480 g/mol. The molecule has 0 saturated carbocycles. The lowest BCUT2D eigenvalue weighted by atomic mass is 10.1. The Labute approximate surface area is 212 Å². The van der Waals surface area contributed by atoms with Crippen LogP contribution in [0.25, 0.3) is 17.1 Å². The molecule has 1 aliphatic rings. The topological polar surface area (TPSA) is 101 Å². The van der Waals surface area contributed by atoms with Crippen LogP contribution in [0.2, 0.25) is 0 Å². The van der Waals surface area contributed by atoms with Gasteiger partial charge in [0.25, 0.3) is 0 Å². The van der Waals surface area contributed by atoms with Crippen LogP contribution >= 0.6 is 11.8 Å². The third kappa shape index (κ3) is 4.36. The van der Waals surface area contributed by atoms with Crippen LogP contribution in [0.15, 0.2) is 59.8 Å². The van der Waals surface area contributed by atoms with Crippen molar-refractivity contribution in [2.75, 3.05) is 28.1 Å². The van der Waals surface area contributed by atoms with E-state index in [1.165, 1.54) is 11.8 Å². The quantitative estimate of drug-likeness (QED) is 0.313. The number of aromatic nitrogens is 3. The molecule has 0 unspecified atom stereocenters. The van der Waals surface area contributed by atoms with Crippen molar-refractivity contribution in [1.29, 1.82) is 5.26 Å². The molecule has 4 aromatic rings. The highest BCUT2D eigenvalue weighted by atomic mass is 32.2. The van der Waals surface area contributed by atoms with Crippen molar-refractivity contribution in [2.45, 2.75) is 10.9 Å². The average molecular weight is 503 g/mol. The highest BCUT2D eigenvalue weighted by Gasteiger charge is 2.23. The molecule has 9 nitrogen and oxygen atoms in total. The van der Waals surface area contributed by atoms with Gasteiger partial charge in [-0.25, -0.2) is 0 Å². The summed E-state index contributed by atoms with van der Waals surface area (Å²) in [5, 5.41) is 18.8. The molecule has 0 radical (unpaired) electrons. The van der Waals surface area contributed by atoms with Crippen LogP contribution in [0.4, 0.5) is 0 Å². The smallest absolute Gasteiger partial charge is 0.231 e. The SMILES string of the molecule is COc1cc(-c2nnc(SCc3ccc(C#N)cc3)n2-c2ccc3c(c2)OCO3)cc(OC)c1OC. The van der Waals surface area contributed by atoms with E-state index in [1.54, 1.807) is 33.5 Å². The summed E-state index contributed by atoms with van der Waals surface area (Å²) < 4.78 is 29.6. The number of thioether (sulfide) groups is 1. The van der Waals surface area contributed by atoms with Gasteiger partial charge in [0.2, 0.25) is 12.5 Å². The lowest BCUT2D eigenvalue weighted by Gasteiger charge is -2.15. The monoisotopic (exact) mass is 502 g/mol. The van der Waals surface area contributed by atoms with Gasteiger partial charge >= 0.3 is 0 Å². The van der Waals surface area contributed by atoms with Gasteiger partial charge in [-0.3, -0.25) is 4.57 Å². The maximum absolute atomic E-state index is 9.06. The molecule has 0 bridgehead atoms. The van der Waals surface area contributed by atoms with Gasteiger partial charge in [-0.2, -0.15) is 5.26 Å². The first-order valence-corrected chi connectivity index (χ1v) is 11.9. The fourth-order valence-corrected chi connectivity index (χ4v) is 4.75. The molecule has 0 saturated heterocycles. The van der Waals surface area contributed by atoms with E-state index in [-0.39, 0.29) is 6.79 Å². The first-order chi connectivity index (χ1) is 17.6. The Kier molecular flexibility index (Phi) is 6.56. The molecule has 10 heteroatoms. The number of hydrogen-bond acceptors (Lipinski definition) is 9. The Bertz CT molecular complexity index is 1420. The maximum Gasteiger partial charge on any atom is 0.231 e. The molecule has 0 spiro atoms. The van der Waals surface area contributed by atoms with Crippen LogP contribution in [0, 0.1) is 11.3 Å². The predicted octanol–water partition coefficient (Wildman–Crippen LogP) is 4.85. The third-order valence-corrected chi connectivity index (χ3v) is 6.62. The molecule has 1 aromatic heterocycles. The van der Waals surface area contributed by atoms with E-state index in [0.29, 0.717) is 51.0 Å². The molecule has 1 aliphatic heterocycles. The molecule has 0 aliphatic carbocycles. The molecule has 5 rings (SSSR count). The van der Waals surface area contributed by atoms with E-state index >= 15 is 0 Å². The summed E-state index contributed by atoms with van der Waals surface area (Å²) in [6.45, 7) is 0.182. The zero-order valence-corrected chi connectivity index (χ0v) is 20.7. The highest BCUT2D eigenvalue weighted by Crippen LogP contribution is 2.42. The number of benzene rings is 3. The van der Waals surface area contributed by atoms with Gasteiger partial charge in [0.15, 0.2) is 34.0 Å². The van der Waals surface area contributed by atoms with Crippen molar-refractivity contribution in [3.8, 4) is 51.9 Å². The third-order valence-electron chi connectivity index (χ3n) is 5.62. The standard InChI is InChI=1S/C26H22N4O5S/c1-31-22-10-18(11-23(32-2)24(22)33-3)25-28-29-26(36-14-17-6-4-16(13-27)5-7-17)30(25)19-8-9-20-21(12-19)35-15-34-20/h4-12H,14-15H2,1-3H3. The van der Waals surface area contributed by atoms with E-state index in [4.69, 9.17) is 28.9 Å². The molecule has 182 valence electrons. The highest BCUT2D eigenvalue weighted by molar-refractivity contribution is 7.98. The Morgan fingerprint density at radius 2 is 1.64 bits per heavy atom. The van der Waals surface area contributed by atoms with Crippen molar-refractivity contribution in [3.63, 3.8) is 0 Å². The van der Waals surface area contributed by atoms with Crippen LogP contribution in [0.5, 0.6) is 28.7 Å². The maximum atomic E-state index is 9.06. The fraction of sp³-hybridized carbons (Fsp3) is 0.192. The molecule has 0 N–H and O–H groups in total. The first kappa shape index (κ1) is 23.4. The van der Waals surface area contributed by atoms with Crippen molar-refractivity contribution < 1.29 is 23.7 Å². The van der Waals surface area contributed by atoms with Gasteiger partial charge < -0.3 is 23.7 Å². The summed E-state index contributed by atoms with van der Waals surface area (Å²) in [5.74, 6) is 4.10. The number of fused-ring (bicyclic) bond motifs is 1. The van der Waals surface area contributed by atoms with Gasteiger partial charge in [0, 0.05) is 17.4 Å². The number of methoxy groups -OCH3 is 3. The Balaban J connectivity index is 1.59. The molecule has 36 heavy (non-hydrogen) atoms. The lowest BCUT2D eigenvalue weighted by Crippen LogP contribution is -2.01. The first-order valence-electron chi connectivity index (χ1n) is 10.9. The second-order valence-electron chi connectivity index (χ2n) is 7.69. The number of nitriles is 1. The van der Waals surface area contributed by atoms with Crippen LogP contribution < -0.4 is 23.7 Å².